The van der Waals surface area contributed by atoms with Gasteiger partial charge in [0.2, 0.25) is 5.91 Å². The Morgan fingerprint density at radius 3 is 2.36 bits per heavy atom. The number of halogens is 3. The minimum absolute atomic E-state index is 0.309. The second kappa shape index (κ2) is 4.84. The van der Waals surface area contributed by atoms with Crippen LogP contribution in [-0.4, -0.2) is 12.1 Å². The van der Waals surface area contributed by atoms with Crippen molar-refractivity contribution < 1.29 is 18.0 Å². The van der Waals surface area contributed by atoms with Gasteiger partial charge in [-0.15, -0.1) is 0 Å². The molecule has 0 aliphatic heterocycles. The number of carbonyl (C=O) groups excluding carboxylic acids is 1. The molecule has 0 aliphatic rings. The van der Waals surface area contributed by atoms with Crippen LogP contribution in [-0.2, 0) is 4.79 Å². The molecule has 0 aromatic carbocycles. The van der Waals surface area contributed by atoms with Crippen LogP contribution in [0.5, 0.6) is 0 Å². The van der Waals surface area contributed by atoms with Crippen molar-refractivity contribution in [3.05, 3.63) is 0 Å². The van der Waals surface area contributed by atoms with Crippen LogP contribution >= 0.6 is 0 Å². The van der Waals surface area contributed by atoms with E-state index in [-0.39, 0.29) is 6.42 Å². The number of hydrogen-bond acceptors (Lipinski definition) is 2. The van der Waals surface area contributed by atoms with Crippen LogP contribution in [0.2, 0.25) is 0 Å². The topological polar surface area (TPSA) is 52.9 Å². The Balaban J connectivity index is 4.14. The summed E-state index contributed by atoms with van der Waals surface area (Å²) in [6, 6.07) is 0. The van der Waals surface area contributed by atoms with Crippen molar-refractivity contribution in [1.29, 1.82) is 5.26 Å². The fourth-order valence-corrected chi connectivity index (χ4v) is 0.949. The monoisotopic (exact) mass is 208 g/mol. The summed E-state index contributed by atoms with van der Waals surface area (Å²) < 4.78 is 36.2. The van der Waals surface area contributed by atoms with Crippen molar-refractivity contribution in [2.45, 2.75) is 26.4 Å². The third kappa shape index (κ3) is 4.12. The van der Waals surface area contributed by atoms with Crippen LogP contribution in [0, 0.1) is 23.3 Å². The zero-order chi connectivity index (χ0) is 11.4. The van der Waals surface area contributed by atoms with Gasteiger partial charge in [0, 0.05) is 5.92 Å². The number of nitrogens with one attached hydrogen (secondary N) is 1. The minimum Gasteiger partial charge on any atom is -0.274 e. The van der Waals surface area contributed by atoms with Gasteiger partial charge in [0.05, 0.1) is 5.92 Å². The van der Waals surface area contributed by atoms with E-state index < -0.39 is 23.9 Å². The van der Waals surface area contributed by atoms with E-state index in [1.165, 1.54) is 13.1 Å². The van der Waals surface area contributed by atoms with Crippen molar-refractivity contribution in [2.24, 2.45) is 11.8 Å². The molecule has 3 nitrogen and oxygen atoms in total. The SMILES string of the molecule is CC(CC(C)C(F)(F)F)C(=O)NC#N. The molecule has 1 amide bonds. The van der Waals surface area contributed by atoms with Crippen molar-refractivity contribution in [2.75, 3.05) is 0 Å². The van der Waals surface area contributed by atoms with Gasteiger partial charge in [-0.1, -0.05) is 13.8 Å². The Morgan fingerprint density at radius 2 is 2.00 bits per heavy atom. The standard InChI is InChI=1S/C8H11F3N2O/c1-5(7(14)13-4-12)3-6(2)8(9,10)11/h5-6H,3H2,1-2H3,(H,13,14). The van der Waals surface area contributed by atoms with E-state index in [0.29, 0.717) is 0 Å². The molecule has 2 atom stereocenters. The predicted molar refractivity (Wildman–Crippen MR) is 42.8 cm³/mol. The number of rotatable bonds is 3. The van der Waals surface area contributed by atoms with Gasteiger partial charge < -0.3 is 0 Å². The first-order valence-electron chi connectivity index (χ1n) is 4.04. The Bertz CT molecular complexity index is 244. The molecule has 14 heavy (non-hydrogen) atoms. The van der Waals surface area contributed by atoms with Crippen molar-refractivity contribution in [3.8, 4) is 6.19 Å². The molecule has 0 spiro atoms. The first kappa shape index (κ1) is 12.8. The summed E-state index contributed by atoms with van der Waals surface area (Å²) in [5.41, 5.74) is 0. The molecule has 0 heterocycles. The first-order chi connectivity index (χ1) is 6.29. The molecule has 0 aliphatic carbocycles. The van der Waals surface area contributed by atoms with Crippen LogP contribution in [0.3, 0.4) is 0 Å². The smallest absolute Gasteiger partial charge is 0.274 e. The van der Waals surface area contributed by atoms with Gasteiger partial charge in [0.25, 0.3) is 0 Å². The van der Waals surface area contributed by atoms with Gasteiger partial charge in [-0.25, -0.2) is 0 Å². The lowest BCUT2D eigenvalue weighted by molar-refractivity contribution is -0.174. The van der Waals surface area contributed by atoms with Crippen LogP contribution < -0.4 is 5.32 Å². The van der Waals surface area contributed by atoms with Gasteiger partial charge in [-0.05, 0) is 6.42 Å². The van der Waals surface area contributed by atoms with Crippen LogP contribution in [0.4, 0.5) is 13.2 Å². The van der Waals surface area contributed by atoms with Crippen LogP contribution in [0.1, 0.15) is 20.3 Å². The molecule has 6 heteroatoms. The molecule has 0 aromatic heterocycles. The second-order valence-corrected chi connectivity index (χ2v) is 3.18. The molecule has 1 N–H and O–H groups in total. The summed E-state index contributed by atoms with van der Waals surface area (Å²) in [7, 11) is 0. The van der Waals surface area contributed by atoms with E-state index in [4.69, 9.17) is 5.26 Å². The average Bonchev–Trinajstić information content (AvgIpc) is 2.02. The van der Waals surface area contributed by atoms with E-state index in [9.17, 15) is 18.0 Å². The van der Waals surface area contributed by atoms with Crippen molar-refractivity contribution >= 4 is 5.91 Å². The maximum Gasteiger partial charge on any atom is 0.391 e. The van der Waals surface area contributed by atoms with E-state index in [2.05, 4.69) is 0 Å². The van der Waals surface area contributed by atoms with Gasteiger partial charge in [0.15, 0.2) is 6.19 Å². The average molecular weight is 208 g/mol. The third-order valence-corrected chi connectivity index (χ3v) is 1.89. The maximum absolute atomic E-state index is 12.1. The van der Waals surface area contributed by atoms with Crippen LogP contribution in [0.25, 0.3) is 0 Å². The van der Waals surface area contributed by atoms with Gasteiger partial charge in [0.1, 0.15) is 0 Å². The second-order valence-electron chi connectivity index (χ2n) is 3.18. The molecule has 80 valence electrons. The summed E-state index contributed by atoms with van der Waals surface area (Å²) in [5.74, 6) is -3.03. The number of alkyl halides is 3. The molecule has 0 bridgehead atoms. The first-order valence-corrected chi connectivity index (χ1v) is 4.04. The summed E-state index contributed by atoms with van der Waals surface area (Å²) in [6.07, 6.45) is -3.22. The Labute approximate surface area is 79.9 Å². The number of hydrogen-bond donors (Lipinski definition) is 1. The zero-order valence-corrected chi connectivity index (χ0v) is 7.85. The lowest BCUT2D eigenvalue weighted by Crippen LogP contribution is -2.30. The highest BCUT2D eigenvalue weighted by molar-refractivity contribution is 5.79. The van der Waals surface area contributed by atoms with E-state index >= 15 is 0 Å². The zero-order valence-electron chi connectivity index (χ0n) is 7.85. The van der Waals surface area contributed by atoms with Crippen molar-refractivity contribution in [3.63, 3.8) is 0 Å². The highest BCUT2D eigenvalue weighted by Gasteiger charge is 2.37. The maximum atomic E-state index is 12.1. The summed E-state index contributed by atoms with van der Waals surface area (Å²) in [5, 5.41) is 9.88. The summed E-state index contributed by atoms with van der Waals surface area (Å²) >= 11 is 0. The van der Waals surface area contributed by atoms with Gasteiger partial charge in [-0.3, -0.25) is 10.1 Å². The Morgan fingerprint density at radius 1 is 1.50 bits per heavy atom. The normalized spacial score (nSPS) is 15.4. The van der Waals surface area contributed by atoms with Gasteiger partial charge >= 0.3 is 6.18 Å². The molecule has 0 saturated heterocycles. The fourth-order valence-electron chi connectivity index (χ4n) is 0.949. The highest BCUT2D eigenvalue weighted by atomic mass is 19.4. The minimum atomic E-state index is -4.29. The molecular weight excluding hydrogens is 197 g/mol. The largest absolute Gasteiger partial charge is 0.391 e. The highest BCUT2D eigenvalue weighted by Crippen LogP contribution is 2.30. The molecule has 0 fully saturated rings. The lowest BCUT2D eigenvalue weighted by atomic mass is 9.96. The van der Waals surface area contributed by atoms with E-state index in [0.717, 1.165) is 6.92 Å². The Kier molecular flexibility index (Phi) is 4.41. The molecule has 0 aromatic rings. The lowest BCUT2D eigenvalue weighted by Gasteiger charge is -2.18. The number of carbonyl (C=O) groups is 1. The number of nitriles is 1. The number of amides is 1. The van der Waals surface area contributed by atoms with Crippen LogP contribution in [0.15, 0.2) is 0 Å². The fraction of sp³-hybridized carbons (Fsp3) is 0.750. The molecular formula is C8H11F3N2O. The molecule has 0 radical (unpaired) electrons. The quantitative estimate of drug-likeness (QED) is 0.568. The molecule has 0 rings (SSSR count). The van der Waals surface area contributed by atoms with Gasteiger partial charge in [-0.2, -0.15) is 18.4 Å². The van der Waals surface area contributed by atoms with E-state index in [1.54, 1.807) is 5.32 Å². The number of nitrogens with zero attached hydrogens (tertiary/aromatic N) is 1. The molecule has 0 saturated carbocycles. The molecule has 2 unspecified atom stereocenters. The summed E-state index contributed by atoms with van der Waals surface area (Å²) in [6.45, 7) is 2.37. The Hall–Kier alpha value is -1.25. The third-order valence-electron chi connectivity index (χ3n) is 1.89. The van der Waals surface area contributed by atoms with Crippen molar-refractivity contribution in [1.82, 2.24) is 5.32 Å². The summed E-state index contributed by atoms with van der Waals surface area (Å²) in [4.78, 5) is 10.9. The van der Waals surface area contributed by atoms with E-state index in [1.807, 2.05) is 0 Å². The predicted octanol–water partition coefficient (Wildman–Crippen LogP) is 1.81.